The van der Waals surface area contributed by atoms with Gasteiger partial charge in [-0.15, -0.1) is 0 Å². The lowest BCUT2D eigenvalue weighted by Gasteiger charge is -2.20. The first-order valence-corrected chi connectivity index (χ1v) is 11.9. The molecule has 1 aliphatic rings. The Kier molecular flexibility index (Phi) is 6.47. The lowest BCUT2D eigenvalue weighted by atomic mass is 10.2. The Labute approximate surface area is 194 Å². The maximum atomic E-state index is 13.2. The summed E-state index contributed by atoms with van der Waals surface area (Å²) in [5.74, 6) is -0.874. The Hall–Kier alpha value is -3.60. The largest absolute Gasteiger partial charge is 0.419 e. The second-order valence-electron chi connectivity index (χ2n) is 7.56. The van der Waals surface area contributed by atoms with Crippen LogP contribution in [-0.2, 0) is 22.6 Å². The highest BCUT2D eigenvalue weighted by Crippen LogP contribution is 2.34. The number of para-hydroxylation sites is 1. The Balaban J connectivity index is 1.40. The van der Waals surface area contributed by atoms with Gasteiger partial charge in [-0.05, 0) is 48.4 Å². The smallest absolute Gasteiger partial charge is 0.368 e. The summed E-state index contributed by atoms with van der Waals surface area (Å²) in [6, 6.07) is 15.0. The maximum absolute atomic E-state index is 13.2. The van der Waals surface area contributed by atoms with Gasteiger partial charge in [-0.1, -0.05) is 24.3 Å². The number of nitrogens with zero attached hydrogens (tertiary/aromatic N) is 2. The molecule has 1 amide bonds. The lowest BCUT2D eigenvalue weighted by molar-refractivity contribution is -0.137. The number of hydrogen-bond acceptors (Lipinski definition) is 5. The Morgan fingerprint density at radius 3 is 2.62 bits per heavy atom. The van der Waals surface area contributed by atoms with Crippen LogP contribution in [0.2, 0.25) is 0 Å². The number of benzene rings is 2. The molecule has 178 valence electrons. The number of amides is 1. The molecule has 0 fully saturated rings. The second kappa shape index (κ2) is 9.34. The van der Waals surface area contributed by atoms with E-state index in [1.54, 1.807) is 12.1 Å². The summed E-state index contributed by atoms with van der Waals surface area (Å²) < 4.78 is 66.8. The summed E-state index contributed by atoms with van der Waals surface area (Å²) in [5.41, 5.74) is 0.787. The van der Waals surface area contributed by atoms with Crippen LogP contribution in [0.4, 0.5) is 24.7 Å². The molecule has 11 heteroatoms. The first-order chi connectivity index (χ1) is 16.2. The summed E-state index contributed by atoms with van der Waals surface area (Å²) in [6.45, 7) is 0.314. The molecule has 0 atom stereocenters. The van der Waals surface area contributed by atoms with Crippen molar-refractivity contribution in [3.63, 3.8) is 0 Å². The van der Waals surface area contributed by atoms with Crippen molar-refractivity contribution in [1.29, 1.82) is 0 Å². The third-order valence-corrected chi connectivity index (χ3v) is 7.15. The number of halogens is 3. The minimum absolute atomic E-state index is 0.00316. The Morgan fingerprint density at radius 2 is 1.82 bits per heavy atom. The number of rotatable bonds is 7. The van der Waals surface area contributed by atoms with Crippen molar-refractivity contribution in [2.45, 2.75) is 17.5 Å². The molecular formula is C23H21F3N4O3S. The highest BCUT2D eigenvalue weighted by molar-refractivity contribution is 7.92. The number of pyridine rings is 1. The second-order valence-corrected chi connectivity index (χ2v) is 9.43. The van der Waals surface area contributed by atoms with Gasteiger partial charge < -0.3 is 10.6 Å². The van der Waals surface area contributed by atoms with E-state index in [1.165, 1.54) is 40.8 Å². The van der Waals surface area contributed by atoms with E-state index in [9.17, 15) is 26.4 Å². The first-order valence-electron chi connectivity index (χ1n) is 10.4. The lowest BCUT2D eigenvalue weighted by Crippen LogP contribution is -2.31. The predicted molar refractivity (Wildman–Crippen MR) is 121 cm³/mol. The molecule has 1 aliphatic heterocycles. The van der Waals surface area contributed by atoms with Crippen molar-refractivity contribution in [1.82, 2.24) is 10.3 Å². The van der Waals surface area contributed by atoms with E-state index in [0.29, 0.717) is 18.7 Å². The zero-order valence-electron chi connectivity index (χ0n) is 17.8. The fraction of sp³-hybridized carbons (Fsp3) is 0.217. The molecule has 7 nitrogen and oxygen atoms in total. The van der Waals surface area contributed by atoms with E-state index in [2.05, 4.69) is 15.6 Å². The number of aromatic nitrogens is 1. The van der Waals surface area contributed by atoms with Gasteiger partial charge in [0.25, 0.3) is 15.9 Å². The van der Waals surface area contributed by atoms with Crippen LogP contribution in [-0.4, -0.2) is 38.9 Å². The van der Waals surface area contributed by atoms with E-state index in [4.69, 9.17) is 0 Å². The number of nitrogens with one attached hydrogen (secondary N) is 2. The zero-order valence-corrected chi connectivity index (χ0v) is 18.7. The van der Waals surface area contributed by atoms with E-state index in [1.807, 2.05) is 12.1 Å². The molecule has 34 heavy (non-hydrogen) atoms. The average molecular weight is 491 g/mol. The number of hydrogen-bond donors (Lipinski definition) is 2. The molecule has 2 N–H and O–H groups in total. The molecular weight excluding hydrogens is 469 g/mol. The topological polar surface area (TPSA) is 91.4 Å². The predicted octanol–water partition coefficient (Wildman–Crippen LogP) is 3.69. The standard InChI is InChI=1S/C23H21F3N4O3S/c24-23(25,26)19-8-4-11-27-21(19)28-12-13-29-22(31)17-6-3-7-18(15-17)34(32,33)30-14-10-16-5-1-2-9-20(16)30/h1-9,11,15H,10,12-14H2,(H,27,28)(H,29,31). The first kappa shape index (κ1) is 23.6. The van der Waals surface area contributed by atoms with Crippen molar-refractivity contribution >= 4 is 27.4 Å². The van der Waals surface area contributed by atoms with Gasteiger partial charge in [-0.3, -0.25) is 9.10 Å². The van der Waals surface area contributed by atoms with E-state index in [-0.39, 0.29) is 29.4 Å². The van der Waals surface area contributed by atoms with Crippen LogP contribution in [0.5, 0.6) is 0 Å². The highest BCUT2D eigenvalue weighted by atomic mass is 32.2. The van der Waals surface area contributed by atoms with Crippen LogP contribution >= 0.6 is 0 Å². The van der Waals surface area contributed by atoms with E-state index < -0.39 is 27.7 Å². The SMILES string of the molecule is O=C(NCCNc1ncccc1C(F)(F)F)c1cccc(S(=O)(=O)N2CCc3ccccc32)c1. The number of anilines is 2. The van der Waals surface area contributed by atoms with Gasteiger partial charge in [-0.25, -0.2) is 13.4 Å². The minimum atomic E-state index is -4.55. The fourth-order valence-corrected chi connectivity index (χ4v) is 5.27. The van der Waals surface area contributed by atoms with Gasteiger partial charge in [0, 0.05) is 31.4 Å². The van der Waals surface area contributed by atoms with Crippen LogP contribution in [0.15, 0.2) is 71.8 Å². The third-order valence-electron chi connectivity index (χ3n) is 5.34. The number of sulfonamides is 1. The van der Waals surface area contributed by atoms with Gasteiger partial charge >= 0.3 is 6.18 Å². The maximum Gasteiger partial charge on any atom is 0.419 e. The van der Waals surface area contributed by atoms with Crippen molar-refractivity contribution in [2.75, 3.05) is 29.3 Å². The molecule has 0 saturated carbocycles. The Morgan fingerprint density at radius 1 is 1.03 bits per heavy atom. The number of fused-ring (bicyclic) bond motifs is 1. The quantitative estimate of drug-likeness (QED) is 0.493. The van der Waals surface area contributed by atoms with Gasteiger partial charge in [0.15, 0.2) is 0 Å². The summed E-state index contributed by atoms with van der Waals surface area (Å²) in [6.07, 6.45) is -2.71. The van der Waals surface area contributed by atoms with Gasteiger partial charge in [0.05, 0.1) is 16.1 Å². The molecule has 0 spiro atoms. The highest BCUT2D eigenvalue weighted by Gasteiger charge is 2.34. The normalized spacial score (nSPS) is 13.4. The van der Waals surface area contributed by atoms with Crippen molar-refractivity contribution in [2.24, 2.45) is 0 Å². The summed E-state index contributed by atoms with van der Waals surface area (Å²) >= 11 is 0. The van der Waals surface area contributed by atoms with Crippen LogP contribution in [0, 0.1) is 0 Å². The monoisotopic (exact) mass is 490 g/mol. The number of alkyl halides is 3. The molecule has 2 heterocycles. The van der Waals surface area contributed by atoms with E-state index >= 15 is 0 Å². The van der Waals surface area contributed by atoms with Gasteiger partial charge in [0.2, 0.25) is 0 Å². The van der Waals surface area contributed by atoms with Crippen molar-refractivity contribution in [3.8, 4) is 0 Å². The molecule has 0 radical (unpaired) electrons. The van der Waals surface area contributed by atoms with Gasteiger partial charge in [0.1, 0.15) is 5.82 Å². The molecule has 0 unspecified atom stereocenters. The fourth-order valence-electron chi connectivity index (χ4n) is 3.72. The molecule has 3 aromatic rings. The third kappa shape index (κ3) is 4.84. The van der Waals surface area contributed by atoms with Crippen LogP contribution in [0.1, 0.15) is 21.5 Å². The summed E-state index contributed by atoms with van der Waals surface area (Å²) in [5, 5.41) is 5.13. The molecule has 1 aromatic heterocycles. The average Bonchev–Trinajstić information content (AvgIpc) is 3.26. The van der Waals surface area contributed by atoms with E-state index in [0.717, 1.165) is 11.6 Å². The summed E-state index contributed by atoms with van der Waals surface area (Å²) in [7, 11) is -3.86. The summed E-state index contributed by atoms with van der Waals surface area (Å²) in [4.78, 5) is 16.2. The van der Waals surface area contributed by atoms with Crippen molar-refractivity contribution < 1.29 is 26.4 Å². The van der Waals surface area contributed by atoms with Crippen molar-refractivity contribution in [3.05, 3.63) is 83.6 Å². The molecule has 0 aliphatic carbocycles. The van der Waals surface area contributed by atoms with Crippen LogP contribution in [0.25, 0.3) is 0 Å². The molecule has 0 saturated heterocycles. The molecule has 4 rings (SSSR count). The Bertz CT molecular complexity index is 1310. The molecule has 2 aromatic carbocycles. The van der Waals surface area contributed by atoms with Crippen LogP contribution < -0.4 is 14.9 Å². The zero-order chi connectivity index (χ0) is 24.3. The number of carbonyl (C=O) groups excluding carboxylic acids is 1. The minimum Gasteiger partial charge on any atom is -0.368 e. The van der Waals surface area contributed by atoms with Gasteiger partial charge in [-0.2, -0.15) is 13.2 Å². The number of carbonyl (C=O) groups is 1. The molecule has 0 bridgehead atoms. The van der Waals surface area contributed by atoms with Crippen LogP contribution in [0.3, 0.4) is 0 Å².